The molecule has 1 N–H and O–H groups in total. The molecule has 0 heterocycles. The van der Waals surface area contributed by atoms with Crippen LogP contribution in [0.15, 0.2) is 58.3 Å². The summed E-state index contributed by atoms with van der Waals surface area (Å²) in [6, 6.07) is 13.3. The van der Waals surface area contributed by atoms with Crippen LogP contribution >= 0.6 is 0 Å². The van der Waals surface area contributed by atoms with Gasteiger partial charge < -0.3 is 5.11 Å². The maximum absolute atomic E-state index is 12.5. The van der Waals surface area contributed by atoms with Gasteiger partial charge in [0.25, 0.3) is 0 Å². The van der Waals surface area contributed by atoms with E-state index in [1.807, 2.05) is 0 Å². The van der Waals surface area contributed by atoms with Gasteiger partial charge in [-0.25, -0.2) is 8.42 Å². The van der Waals surface area contributed by atoms with E-state index >= 15 is 0 Å². The fraction of sp³-hybridized carbons (Fsp3) is 0.143. The average molecular weight is 262 g/mol. The normalized spacial score (nSPS) is 11.4. The van der Waals surface area contributed by atoms with Crippen molar-refractivity contribution in [2.24, 2.45) is 0 Å². The van der Waals surface area contributed by atoms with Crippen molar-refractivity contribution in [2.75, 3.05) is 0 Å². The van der Waals surface area contributed by atoms with Gasteiger partial charge in [0.15, 0.2) is 0 Å². The molecule has 3 nitrogen and oxygen atoms in total. The minimum atomic E-state index is -3.57. The number of aliphatic hydroxyl groups excluding tert-OH is 1. The Labute approximate surface area is 107 Å². The van der Waals surface area contributed by atoms with Gasteiger partial charge in [0.2, 0.25) is 9.84 Å². The number of hydrogen-bond acceptors (Lipinski definition) is 3. The lowest BCUT2D eigenvalue weighted by Gasteiger charge is -2.10. The van der Waals surface area contributed by atoms with Crippen LogP contribution in [0.3, 0.4) is 0 Å². The molecule has 0 saturated carbocycles. The summed E-state index contributed by atoms with van der Waals surface area (Å²) in [6.07, 6.45) is 0. The first kappa shape index (κ1) is 12.8. The Bertz CT molecular complexity index is 660. The van der Waals surface area contributed by atoms with E-state index in [0.717, 1.165) is 0 Å². The summed E-state index contributed by atoms with van der Waals surface area (Å²) in [5.74, 6) is 0. The summed E-state index contributed by atoms with van der Waals surface area (Å²) < 4.78 is 25.0. The molecule has 2 rings (SSSR count). The van der Waals surface area contributed by atoms with Crippen LogP contribution in [0.5, 0.6) is 0 Å². The average Bonchev–Trinajstić information content (AvgIpc) is 2.39. The van der Waals surface area contributed by atoms with Gasteiger partial charge in [0.05, 0.1) is 16.4 Å². The molecule has 0 fully saturated rings. The highest BCUT2D eigenvalue weighted by molar-refractivity contribution is 7.91. The molecule has 0 amide bonds. The predicted octanol–water partition coefficient (Wildman–Crippen LogP) is 2.32. The van der Waals surface area contributed by atoms with Crippen molar-refractivity contribution in [2.45, 2.75) is 23.3 Å². The number of benzene rings is 2. The third-order valence-electron chi connectivity index (χ3n) is 2.82. The van der Waals surface area contributed by atoms with Crippen LogP contribution in [0.1, 0.15) is 11.1 Å². The van der Waals surface area contributed by atoms with E-state index < -0.39 is 9.84 Å². The fourth-order valence-electron chi connectivity index (χ4n) is 1.87. The first-order valence-corrected chi connectivity index (χ1v) is 7.05. The van der Waals surface area contributed by atoms with Crippen LogP contribution in [0.25, 0.3) is 0 Å². The molecule has 94 valence electrons. The monoisotopic (exact) mass is 262 g/mol. The van der Waals surface area contributed by atoms with Gasteiger partial charge in [-0.2, -0.15) is 0 Å². The van der Waals surface area contributed by atoms with Crippen molar-refractivity contribution in [1.82, 2.24) is 0 Å². The van der Waals surface area contributed by atoms with E-state index in [4.69, 9.17) is 0 Å². The number of rotatable bonds is 3. The van der Waals surface area contributed by atoms with Crippen LogP contribution < -0.4 is 0 Å². The van der Waals surface area contributed by atoms with E-state index in [2.05, 4.69) is 0 Å². The molecule has 18 heavy (non-hydrogen) atoms. The summed E-state index contributed by atoms with van der Waals surface area (Å²) in [5, 5.41) is 9.23. The Morgan fingerprint density at radius 1 is 0.944 bits per heavy atom. The quantitative estimate of drug-likeness (QED) is 0.923. The lowest BCUT2D eigenvalue weighted by molar-refractivity contribution is 0.278. The zero-order valence-corrected chi connectivity index (χ0v) is 10.8. The molecule has 0 aliphatic carbocycles. The molecular formula is C14H14O3S. The molecule has 2 aromatic carbocycles. The highest BCUT2D eigenvalue weighted by Gasteiger charge is 2.21. The molecular weight excluding hydrogens is 248 g/mol. The molecule has 0 saturated heterocycles. The largest absolute Gasteiger partial charge is 0.392 e. The first-order valence-electron chi connectivity index (χ1n) is 5.57. The standard InChI is InChI=1S/C14H14O3S/c1-11-6-2-4-8-13(11)18(16,17)14-9-5-3-7-12(14)10-15/h2-9,15H,10H2,1H3. The Balaban J connectivity index is 2.66. The summed E-state index contributed by atoms with van der Waals surface area (Å²) in [7, 11) is -3.57. The third kappa shape index (κ3) is 2.17. The Morgan fingerprint density at radius 3 is 2.11 bits per heavy atom. The Kier molecular flexibility index (Phi) is 3.50. The summed E-state index contributed by atoms with van der Waals surface area (Å²) in [5.41, 5.74) is 1.12. The number of sulfone groups is 1. The Morgan fingerprint density at radius 2 is 1.50 bits per heavy atom. The smallest absolute Gasteiger partial charge is 0.207 e. The number of aliphatic hydroxyl groups is 1. The van der Waals surface area contributed by atoms with Gasteiger partial charge in [-0.1, -0.05) is 36.4 Å². The molecule has 0 aliphatic rings. The van der Waals surface area contributed by atoms with E-state index in [9.17, 15) is 13.5 Å². The van der Waals surface area contributed by atoms with Crippen molar-refractivity contribution < 1.29 is 13.5 Å². The molecule has 0 aromatic heterocycles. The second kappa shape index (κ2) is 4.92. The first-order chi connectivity index (χ1) is 8.57. The molecule has 4 heteroatoms. The van der Waals surface area contributed by atoms with Crippen LogP contribution in [0.2, 0.25) is 0 Å². The minimum Gasteiger partial charge on any atom is -0.392 e. The maximum Gasteiger partial charge on any atom is 0.207 e. The van der Waals surface area contributed by atoms with Crippen molar-refractivity contribution in [3.8, 4) is 0 Å². The van der Waals surface area contributed by atoms with Crippen LogP contribution in [-0.4, -0.2) is 13.5 Å². The zero-order valence-electron chi connectivity index (χ0n) is 10.00. The van der Waals surface area contributed by atoms with Gasteiger partial charge >= 0.3 is 0 Å². The van der Waals surface area contributed by atoms with Crippen LogP contribution in [0, 0.1) is 6.92 Å². The molecule has 0 aliphatic heterocycles. The highest BCUT2D eigenvalue weighted by atomic mass is 32.2. The van der Waals surface area contributed by atoms with Gasteiger partial charge in [0, 0.05) is 0 Å². The Hall–Kier alpha value is -1.65. The summed E-state index contributed by atoms with van der Waals surface area (Å²) in [4.78, 5) is 0.452. The van der Waals surface area contributed by atoms with Gasteiger partial charge in [0.1, 0.15) is 0 Å². The maximum atomic E-state index is 12.5. The second-order valence-corrected chi connectivity index (χ2v) is 5.92. The third-order valence-corrected chi connectivity index (χ3v) is 4.83. The van der Waals surface area contributed by atoms with Crippen molar-refractivity contribution in [3.05, 3.63) is 59.7 Å². The summed E-state index contributed by atoms with van der Waals surface area (Å²) >= 11 is 0. The SMILES string of the molecule is Cc1ccccc1S(=O)(=O)c1ccccc1CO. The van der Waals surface area contributed by atoms with Crippen molar-refractivity contribution in [1.29, 1.82) is 0 Å². The topological polar surface area (TPSA) is 54.4 Å². The van der Waals surface area contributed by atoms with Crippen molar-refractivity contribution in [3.63, 3.8) is 0 Å². The van der Waals surface area contributed by atoms with Gasteiger partial charge in [-0.15, -0.1) is 0 Å². The van der Waals surface area contributed by atoms with E-state index in [1.54, 1.807) is 49.4 Å². The number of aryl methyl sites for hydroxylation is 1. The predicted molar refractivity (Wildman–Crippen MR) is 69.0 cm³/mol. The van der Waals surface area contributed by atoms with Crippen LogP contribution in [-0.2, 0) is 16.4 Å². The highest BCUT2D eigenvalue weighted by Crippen LogP contribution is 2.26. The molecule has 0 bridgehead atoms. The molecule has 0 radical (unpaired) electrons. The molecule has 0 spiro atoms. The van der Waals surface area contributed by atoms with E-state index in [1.165, 1.54) is 6.07 Å². The minimum absolute atomic E-state index is 0.168. The van der Waals surface area contributed by atoms with E-state index in [0.29, 0.717) is 11.1 Å². The molecule has 0 unspecified atom stereocenters. The molecule has 0 atom stereocenters. The number of hydrogen-bond donors (Lipinski definition) is 1. The van der Waals surface area contributed by atoms with Crippen molar-refractivity contribution >= 4 is 9.84 Å². The van der Waals surface area contributed by atoms with E-state index in [-0.39, 0.29) is 16.4 Å². The van der Waals surface area contributed by atoms with Gasteiger partial charge in [-0.3, -0.25) is 0 Å². The summed E-state index contributed by atoms with van der Waals surface area (Å²) in [6.45, 7) is 1.47. The fourth-order valence-corrected chi connectivity index (χ4v) is 3.60. The van der Waals surface area contributed by atoms with Gasteiger partial charge in [-0.05, 0) is 30.2 Å². The second-order valence-electron chi connectivity index (χ2n) is 4.03. The lowest BCUT2D eigenvalue weighted by Crippen LogP contribution is -2.07. The van der Waals surface area contributed by atoms with Crippen LogP contribution in [0.4, 0.5) is 0 Å². The molecule has 2 aromatic rings. The zero-order chi connectivity index (χ0) is 13.2. The lowest BCUT2D eigenvalue weighted by atomic mass is 10.2.